The second-order valence-corrected chi connectivity index (χ2v) is 7.71. The number of aromatic nitrogens is 3. The number of hydrogen-bond donors (Lipinski definition) is 2. The number of nitrogens with one attached hydrogen (secondary N) is 1. The molecule has 152 valence electrons. The fourth-order valence-corrected chi connectivity index (χ4v) is 3.37. The summed E-state index contributed by atoms with van der Waals surface area (Å²) in [6.07, 6.45) is -0.917. The zero-order chi connectivity index (χ0) is 21.0. The molecule has 1 aliphatic rings. The van der Waals surface area contributed by atoms with Gasteiger partial charge in [0.05, 0.1) is 16.5 Å². The molecule has 9 heteroatoms. The van der Waals surface area contributed by atoms with E-state index < -0.39 is 11.7 Å². The molecule has 0 saturated heterocycles. The number of pyridine rings is 1. The molecule has 1 saturated carbocycles. The van der Waals surface area contributed by atoms with Gasteiger partial charge in [0.2, 0.25) is 0 Å². The number of nitrogens with zero attached hydrogens (tertiary/aromatic N) is 3. The Morgan fingerprint density at radius 1 is 1.21 bits per heavy atom. The number of fused-ring (bicyclic) bond motifs is 1. The molecule has 3 aromatic rings. The van der Waals surface area contributed by atoms with Crippen LogP contribution in [0.4, 0.5) is 24.7 Å². The molecule has 3 N–H and O–H groups in total. The molecule has 6 nitrogen and oxygen atoms in total. The minimum Gasteiger partial charge on any atom is -0.399 e. The van der Waals surface area contributed by atoms with Crippen LogP contribution in [0.15, 0.2) is 35.3 Å². The number of hydrogen-bond acceptors (Lipinski definition) is 5. The molecule has 0 unspecified atom stereocenters. The van der Waals surface area contributed by atoms with Gasteiger partial charge in [-0.1, -0.05) is 0 Å². The highest BCUT2D eigenvalue weighted by Crippen LogP contribution is 2.42. The summed E-state index contributed by atoms with van der Waals surface area (Å²) >= 11 is 0. The highest BCUT2D eigenvalue weighted by molar-refractivity contribution is 5.88. The Morgan fingerprint density at radius 3 is 2.59 bits per heavy atom. The van der Waals surface area contributed by atoms with E-state index in [0.717, 1.165) is 25.0 Å². The van der Waals surface area contributed by atoms with E-state index in [-0.39, 0.29) is 23.3 Å². The van der Waals surface area contributed by atoms with Crippen LogP contribution in [0.5, 0.6) is 0 Å². The summed E-state index contributed by atoms with van der Waals surface area (Å²) in [5.74, 6) is 0.917. The fraction of sp³-hybridized carbons (Fsp3) is 0.350. The Hall–Kier alpha value is -3.10. The average Bonchev–Trinajstić information content (AvgIpc) is 3.36. The maximum atomic E-state index is 13.0. The first-order valence-corrected chi connectivity index (χ1v) is 9.17. The van der Waals surface area contributed by atoms with Crippen LogP contribution in [0.1, 0.15) is 36.7 Å². The maximum Gasteiger partial charge on any atom is 0.416 e. The molecular weight excluding hydrogens is 383 g/mol. The zero-order valence-electron chi connectivity index (χ0n) is 16.0. The number of alkyl halides is 3. The van der Waals surface area contributed by atoms with Crippen molar-refractivity contribution in [2.45, 2.75) is 44.9 Å². The predicted octanol–water partition coefficient (Wildman–Crippen LogP) is 3.82. The molecule has 1 fully saturated rings. The van der Waals surface area contributed by atoms with Crippen LogP contribution < -0.4 is 16.6 Å². The molecule has 0 atom stereocenters. The molecule has 1 aliphatic carbocycles. The second-order valence-electron chi connectivity index (χ2n) is 7.71. The fourth-order valence-electron chi connectivity index (χ4n) is 3.37. The van der Waals surface area contributed by atoms with Crippen LogP contribution in [0.2, 0.25) is 0 Å². The first-order chi connectivity index (χ1) is 13.5. The Bertz CT molecular complexity index is 1170. The number of benzene rings is 1. The first kappa shape index (κ1) is 19.2. The molecule has 29 heavy (non-hydrogen) atoms. The van der Waals surface area contributed by atoms with Gasteiger partial charge in [0.25, 0.3) is 5.56 Å². The van der Waals surface area contributed by atoms with Gasteiger partial charge in [-0.05, 0) is 50.5 Å². The molecular formula is C20H20F3N5O. The van der Waals surface area contributed by atoms with Crippen molar-refractivity contribution in [3.63, 3.8) is 0 Å². The zero-order valence-corrected chi connectivity index (χ0v) is 16.0. The highest BCUT2D eigenvalue weighted by atomic mass is 19.4. The third-order valence-electron chi connectivity index (χ3n) is 5.20. The van der Waals surface area contributed by atoms with Crippen molar-refractivity contribution in [2.24, 2.45) is 0 Å². The summed E-state index contributed by atoms with van der Waals surface area (Å²) < 4.78 is 40.8. The molecule has 0 bridgehead atoms. The number of nitrogen functional groups attached to an aromatic ring is 1. The largest absolute Gasteiger partial charge is 0.416 e. The molecule has 0 spiro atoms. The van der Waals surface area contributed by atoms with Crippen LogP contribution in [-0.4, -0.2) is 14.5 Å². The molecule has 0 aliphatic heterocycles. The average molecular weight is 403 g/mol. The van der Waals surface area contributed by atoms with E-state index in [1.807, 2.05) is 6.92 Å². The van der Waals surface area contributed by atoms with Crippen molar-refractivity contribution in [3.8, 4) is 0 Å². The number of anilines is 2. The van der Waals surface area contributed by atoms with E-state index in [1.54, 1.807) is 17.7 Å². The van der Waals surface area contributed by atoms with Crippen molar-refractivity contribution in [2.75, 3.05) is 11.1 Å². The lowest BCUT2D eigenvalue weighted by Gasteiger charge is -2.16. The van der Waals surface area contributed by atoms with Crippen LogP contribution in [0.25, 0.3) is 10.9 Å². The van der Waals surface area contributed by atoms with Gasteiger partial charge in [-0.2, -0.15) is 13.2 Å². The smallest absolute Gasteiger partial charge is 0.399 e. The SMILES string of the molecule is Cc1nc(NCc2cc(N)cc(C(F)(F)F)c2)c2cn(C3(C)CC3)c(=O)cc2n1. The van der Waals surface area contributed by atoms with Gasteiger partial charge < -0.3 is 15.6 Å². The van der Waals surface area contributed by atoms with E-state index in [0.29, 0.717) is 28.1 Å². The van der Waals surface area contributed by atoms with Crippen LogP contribution in [0.3, 0.4) is 0 Å². The quantitative estimate of drug-likeness (QED) is 0.647. The summed E-state index contributed by atoms with van der Waals surface area (Å²) in [7, 11) is 0. The highest BCUT2D eigenvalue weighted by Gasteiger charge is 2.40. The van der Waals surface area contributed by atoms with E-state index in [9.17, 15) is 18.0 Å². The number of halogens is 3. The van der Waals surface area contributed by atoms with E-state index in [1.165, 1.54) is 12.1 Å². The van der Waals surface area contributed by atoms with Gasteiger partial charge in [0.1, 0.15) is 11.6 Å². The number of nitrogens with two attached hydrogens (primary N) is 1. The van der Waals surface area contributed by atoms with E-state index in [2.05, 4.69) is 15.3 Å². The lowest BCUT2D eigenvalue weighted by atomic mass is 10.1. The van der Waals surface area contributed by atoms with Gasteiger partial charge in [-0.25, -0.2) is 9.97 Å². The third kappa shape index (κ3) is 3.76. The lowest BCUT2D eigenvalue weighted by molar-refractivity contribution is -0.137. The van der Waals surface area contributed by atoms with Gasteiger partial charge in [0.15, 0.2) is 0 Å². The lowest BCUT2D eigenvalue weighted by Crippen LogP contribution is -2.27. The third-order valence-corrected chi connectivity index (χ3v) is 5.20. The van der Waals surface area contributed by atoms with Gasteiger partial charge in [-0.3, -0.25) is 4.79 Å². The van der Waals surface area contributed by atoms with Crippen molar-refractivity contribution in [1.29, 1.82) is 0 Å². The molecule has 2 aromatic heterocycles. The Balaban J connectivity index is 1.71. The second kappa shape index (κ2) is 6.47. The monoisotopic (exact) mass is 403 g/mol. The number of aryl methyl sites for hydroxylation is 1. The minimum absolute atomic E-state index is 0.0378. The first-order valence-electron chi connectivity index (χ1n) is 9.17. The normalized spacial score (nSPS) is 15.5. The van der Waals surface area contributed by atoms with E-state index in [4.69, 9.17) is 5.73 Å². The molecule has 1 aromatic carbocycles. The number of rotatable bonds is 4. The van der Waals surface area contributed by atoms with Crippen molar-refractivity contribution in [1.82, 2.24) is 14.5 Å². The predicted molar refractivity (Wildman–Crippen MR) is 105 cm³/mol. The Morgan fingerprint density at radius 2 is 1.93 bits per heavy atom. The van der Waals surface area contributed by atoms with Crippen LogP contribution >= 0.6 is 0 Å². The van der Waals surface area contributed by atoms with Gasteiger partial charge in [0, 0.05) is 30.0 Å². The molecule has 0 amide bonds. The summed E-state index contributed by atoms with van der Waals surface area (Å²) in [6.45, 7) is 3.80. The Kier molecular flexibility index (Phi) is 4.29. The standard InChI is InChI=1S/C20H20F3N5O/c1-11-26-16-8-17(29)28(19(2)3-4-19)10-15(16)18(27-11)25-9-12-5-13(20(21,22)23)7-14(24)6-12/h5-8,10H,3-4,9,24H2,1-2H3,(H,25,26,27). The molecule has 4 rings (SSSR count). The summed E-state index contributed by atoms with van der Waals surface area (Å²) in [5, 5.41) is 3.72. The molecule has 2 heterocycles. The van der Waals surface area contributed by atoms with Gasteiger partial charge in [-0.15, -0.1) is 0 Å². The molecule has 0 radical (unpaired) electrons. The minimum atomic E-state index is -4.47. The van der Waals surface area contributed by atoms with Crippen LogP contribution in [-0.2, 0) is 18.3 Å². The topological polar surface area (TPSA) is 85.8 Å². The summed E-state index contributed by atoms with van der Waals surface area (Å²) in [4.78, 5) is 21.2. The summed E-state index contributed by atoms with van der Waals surface area (Å²) in [6, 6.07) is 4.92. The van der Waals surface area contributed by atoms with E-state index >= 15 is 0 Å². The van der Waals surface area contributed by atoms with Crippen molar-refractivity contribution >= 4 is 22.4 Å². The van der Waals surface area contributed by atoms with Gasteiger partial charge >= 0.3 is 6.18 Å². The maximum absolute atomic E-state index is 13.0. The summed E-state index contributed by atoms with van der Waals surface area (Å²) in [5.41, 5.74) is 5.42. The van der Waals surface area contributed by atoms with Crippen molar-refractivity contribution in [3.05, 3.63) is 57.8 Å². The van der Waals surface area contributed by atoms with Crippen molar-refractivity contribution < 1.29 is 13.2 Å². The Labute approximate surface area is 164 Å². The van der Waals surface area contributed by atoms with Crippen LogP contribution in [0, 0.1) is 6.92 Å².